The summed E-state index contributed by atoms with van der Waals surface area (Å²) in [5, 5.41) is 0. The van der Waals surface area contributed by atoms with Crippen molar-refractivity contribution in [2.24, 2.45) is 0 Å². The third-order valence-corrected chi connectivity index (χ3v) is 3.38. The van der Waals surface area contributed by atoms with Gasteiger partial charge in [-0.3, -0.25) is 9.52 Å². The third kappa shape index (κ3) is 3.82. The van der Waals surface area contributed by atoms with Crippen LogP contribution in [0.5, 0.6) is 5.75 Å². The molecule has 110 valence electrons. The van der Waals surface area contributed by atoms with Gasteiger partial charge in [0.25, 0.3) is 0 Å². The number of hydrogen-bond donors (Lipinski definition) is 1. The number of rotatable bonds is 5. The molecule has 1 N–H and O–H groups in total. The number of sulfonamides is 1. The van der Waals surface area contributed by atoms with E-state index in [0.29, 0.717) is 16.9 Å². The van der Waals surface area contributed by atoms with E-state index in [1.165, 1.54) is 13.2 Å². The normalized spacial score (nSPS) is 11.0. The molecule has 0 aromatic heterocycles. The Balaban J connectivity index is 2.42. The lowest BCUT2D eigenvalue weighted by Gasteiger charge is -2.11. The largest absolute Gasteiger partial charge is 0.495 e. The standard InChI is InChI=1S/C15H15NO4S/c1-20-14-9-8-12(10-13(14)16-21(2,18)19)15(17)11-6-4-3-5-7-11/h3-10,16H,1-2H3. The second-order valence-electron chi connectivity index (χ2n) is 4.48. The highest BCUT2D eigenvalue weighted by atomic mass is 32.2. The summed E-state index contributed by atoms with van der Waals surface area (Å²) in [4.78, 5) is 12.3. The second-order valence-corrected chi connectivity index (χ2v) is 6.23. The zero-order chi connectivity index (χ0) is 15.5. The first-order valence-corrected chi connectivity index (χ1v) is 8.05. The first-order valence-electron chi connectivity index (χ1n) is 6.16. The van der Waals surface area contributed by atoms with Crippen LogP contribution in [0.25, 0.3) is 0 Å². The molecule has 0 atom stereocenters. The van der Waals surface area contributed by atoms with E-state index in [-0.39, 0.29) is 11.5 Å². The summed E-state index contributed by atoms with van der Waals surface area (Å²) in [7, 11) is -2.03. The fourth-order valence-corrected chi connectivity index (χ4v) is 2.44. The number of benzene rings is 2. The summed E-state index contributed by atoms with van der Waals surface area (Å²) in [6.45, 7) is 0. The van der Waals surface area contributed by atoms with Gasteiger partial charge in [0.05, 0.1) is 19.1 Å². The van der Waals surface area contributed by atoms with E-state index < -0.39 is 10.0 Å². The topological polar surface area (TPSA) is 72.5 Å². The Morgan fingerprint density at radius 2 is 1.71 bits per heavy atom. The molecule has 0 fully saturated rings. The number of carbonyl (C=O) groups is 1. The van der Waals surface area contributed by atoms with Gasteiger partial charge in [0.2, 0.25) is 10.0 Å². The van der Waals surface area contributed by atoms with E-state index >= 15 is 0 Å². The predicted octanol–water partition coefficient (Wildman–Crippen LogP) is 2.30. The van der Waals surface area contributed by atoms with Gasteiger partial charge < -0.3 is 4.74 Å². The molecule has 6 heteroatoms. The number of anilines is 1. The molecule has 0 aliphatic rings. The Kier molecular flexibility index (Phi) is 4.28. The fourth-order valence-electron chi connectivity index (χ4n) is 1.88. The lowest BCUT2D eigenvalue weighted by atomic mass is 10.0. The zero-order valence-corrected chi connectivity index (χ0v) is 12.5. The van der Waals surface area contributed by atoms with Crippen LogP contribution in [0.4, 0.5) is 5.69 Å². The van der Waals surface area contributed by atoms with Crippen molar-refractivity contribution in [3.63, 3.8) is 0 Å². The molecule has 2 aromatic carbocycles. The molecule has 0 unspecified atom stereocenters. The van der Waals surface area contributed by atoms with Gasteiger partial charge in [0, 0.05) is 11.1 Å². The van der Waals surface area contributed by atoms with Gasteiger partial charge in [-0.25, -0.2) is 8.42 Å². The number of hydrogen-bond acceptors (Lipinski definition) is 4. The van der Waals surface area contributed by atoms with E-state index in [0.717, 1.165) is 6.26 Å². The van der Waals surface area contributed by atoms with Crippen molar-refractivity contribution in [3.05, 3.63) is 59.7 Å². The Bertz CT molecular complexity index is 754. The van der Waals surface area contributed by atoms with Crippen LogP contribution in [0.2, 0.25) is 0 Å². The van der Waals surface area contributed by atoms with Crippen molar-refractivity contribution in [3.8, 4) is 5.75 Å². The minimum atomic E-state index is -3.46. The molecule has 0 amide bonds. The van der Waals surface area contributed by atoms with Crippen molar-refractivity contribution < 1.29 is 17.9 Å². The molecule has 0 aliphatic heterocycles. The van der Waals surface area contributed by atoms with Gasteiger partial charge in [-0.2, -0.15) is 0 Å². The van der Waals surface area contributed by atoms with E-state index in [1.807, 2.05) is 6.07 Å². The third-order valence-electron chi connectivity index (χ3n) is 2.79. The molecule has 0 bridgehead atoms. The number of carbonyl (C=O) groups excluding carboxylic acids is 1. The first kappa shape index (κ1) is 15.1. The molecule has 0 aliphatic carbocycles. The van der Waals surface area contributed by atoms with Crippen LogP contribution in [0.1, 0.15) is 15.9 Å². The van der Waals surface area contributed by atoms with E-state index in [1.54, 1.807) is 36.4 Å². The number of nitrogens with one attached hydrogen (secondary N) is 1. The summed E-state index contributed by atoms with van der Waals surface area (Å²) in [5.74, 6) is 0.167. The summed E-state index contributed by atoms with van der Waals surface area (Å²) >= 11 is 0. The van der Waals surface area contributed by atoms with Crippen molar-refractivity contribution in [2.45, 2.75) is 0 Å². The van der Waals surface area contributed by atoms with Crippen LogP contribution in [-0.2, 0) is 10.0 Å². The fraction of sp³-hybridized carbons (Fsp3) is 0.133. The van der Waals surface area contributed by atoms with Gasteiger partial charge >= 0.3 is 0 Å². The second kappa shape index (κ2) is 5.97. The average molecular weight is 305 g/mol. The van der Waals surface area contributed by atoms with Crippen LogP contribution in [0, 0.1) is 0 Å². The molecular formula is C15H15NO4S. The molecule has 21 heavy (non-hydrogen) atoms. The maximum Gasteiger partial charge on any atom is 0.229 e. The van der Waals surface area contributed by atoms with Crippen molar-refractivity contribution in [2.75, 3.05) is 18.1 Å². The van der Waals surface area contributed by atoms with E-state index in [9.17, 15) is 13.2 Å². The molecule has 0 spiro atoms. The zero-order valence-electron chi connectivity index (χ0n) is 11.7. The van der Waals surface area contributed by atoms with E-state index in [2.05, 4.69) is 4.72 Å². The summed E-state index contributed by atoms with van der Waals surface area (Å²) in [5.41, 5.74) is 1.16. The molecule has 0 heterocycles. The summed E-state index contributed by atoms with van der Waals surface area (Å²) in [6.07, 6.45) is 1.04. The molecule has 2 aromatic rings. The van der Waals surface area contributed by atoms with Crippen LogP contribution in [0.15, 0.2) is 48.5 Å². The van der Waals surface area contributed by atoms with Gasteiger partial charge in [0.1, 0.15) is 5.75 Å². The van der Waals surface area contributed by atoms with Crippen LogP contribution in [0.3, 0.4) is 0 Å². The maximum atomic E-state index is 12.3. The Morgan fingerprint density at radius 3 is 2.29 bits per heavy atom. The van der Waals surface area contributed by atoms with Crippen molar-refractivity contribution in [1.29, 1.82) is 0 Å². The minimum absolute atomic E-state index is 0.185. The van der Waals surface area contributed by atoms with Gasteiger partial charge in [0.15, 0.2) is 5.78 Å². The smallest absolute Gasteiger partial charge is 0.229 e. The molecular weight excluding hydrogens is 290 g/mol. The Hall–Kier alpha value is -2.34. The van der Waals surface area contributed by atoms with E-state index in [4.69, 9.17) is 4.74 Å². The molecule has 0 saturated heterocycles. The number of ether oxygens (including phenoxy) is 1. The minimum Gasteiger partial charge on any atom is -0.495 e. The molecule has 0 radical (unpaired) electrons. The predicted molar refractivity (Wildman–Crippen MR) is 81.3 cm³/mol. The van der Waals surface area contributed by atoms with Crippen molar-refractivity contribution in [1.82, 2.24) is 0 Å². The van der Waals surface area contributed by atoms with Gasteiger partial charge in [-0.15, -0.1) is 0 Å². The first-order chi connectivity index (χ1) is 9.90. The summed E-state index contributed by atoms with van der Waals surface area (Å²) in [6, 6.07) is 13.4. The van der Waals surface area contributed by atoms with Gasteiger partial charge in [-0.1, -0.05) is 30.3 Å². The average Bonchev–Trinajstić information content (AvgIpc) is 2.45. The molecule has 0 saturated carbocycles. The highest BCUT2D eigenvalue weighted by Crippen LogP contribution is 2.27. The van der Waals surface area contributed by atoms with Crippen molar-refractivity contribution >= 4 is 21.5 Å². The highest BCUT2D eigenvalue weighted by molar-refractivity contribution is 7.92. The summed E-state index contributed by atoms with van der Waals surface area (Å²) < 4.78 is 30.2. The SMILES string of the molecule is COc1ccc(C(=O)c2ccccc2)cc1NS(C)(=O)=O. The Labute approximate surface area is 123 Å². The monoisotopic (exact) mass is 305 g/mol. The van der Waals surface area contributed by atoms with Crippen LogP contribution >= 0.6 is 0 Å². The Morgan fingerprint density at radius 1 is 1.05 bits per heavy atom. The quantitative estimate of drug-likeness (QED) is 0.860. The molecule has 2 rings (SSSR count). The highest BCUT2D eigenvalue weighted by Gasteiger charge is 2.14. The lowest BCUT2D eigenvalue weighted by molar-refractivity contribution is 0.103. The van der Waals surface area contributed by atoms with Crippen LogP contribution < -0.4 is 9.46 Å². The van der Waals surface area contributed by atoms with Gasteiger partial charge in [-0.05, 0) is 18.2 Å². The molecule has 5 nitrogen and oxygen atoms in total. The maximum absolute atomic E-state index is 12.3. The lowest BCUT2D eigenvalue weighted by Crippen LogP contribution is -2.11. The number of methoxy groups -OCH3 is 1. The number of ketones is 1. The van der Waals surface area contributed by atoms with Crippen LogP contribution in [-0.4, -0.2) is 27.6 Å².